The smallest absolute Gasteiger partial charge is 0.286 e. The number of anilines is 1. The number of rotatable bonds is 6. The molecule has 2 N–H and O–H groups in total. The van der Waals surface area contributed by atoms with Crippen LogP contribution < -0.4 is 10.0 Å². The highest BCUT2D eigenvalue weighted by molar-refractivity contribution is 7.89. The first kappa shape index (κ1) is 19.4. The fourth-order valence-corrected chi connectivity index (χ4v) is 4.49. The Balaban J connectivity index is 1.67. The van der Waals surface area contributed by atoms with Gasteiger partial charge in [0.05, 0.1) is 11.4 Å². The van der Waals surface area contributed by atoms with E-state index >= 15 is 0 Å². The maximum atomic E-state index is 12.5. The lowest BCUT2D eigenvalue weighted by Crippen LogP contribution is -2.24. The number of benzene rings is 2. The molecule has 3 rings (SSSR count). The van der Waals surface area contributed by atoms with Gasteiger partial charge in [0.1, 0.15) is 5.01 Å². The predicted octanol–water partition coefficient (Wildman–Crippen LogP) is 3.23. The SMILES string of the molecule is Cc1c(Cl)cccc1S(=O)(=O)NCc1nnc(C(=O)Nc2ccccc2)s1. The Labute approximate surface area is 165 Å². The molecule has 0 unspecified atom stereocenters. The van der Waals surface area contributed by atoms with Crippen LogP contribution in [-0.2, 0) is 16.6 Å². The number of hydrogen-bond acceptors (Lipinski definition) is 6. The Morgan fingerprint density at radius 3 is 2.59 bits per heavy atom. The molecular weight excluding hydrogens is 408 g/mol. The van der Waals surface area contributed by atoms with Gasteiger partial charge in [0.2, 0.25) is 15.0 Å². The summed E-state index contributed by atoms with van der Waals surface area (Å²) in [6.07, 6.45) is 0. The summed E-state index contributed by atoms with van der Waals surface area (Å²) in [7, 11) is -3.77. The first-order chi connectivity index (χ1) is 12.9. The maximum absolute atomic E-state index is 12.5. The molecule has 140 valence electrons. The van der Waals surface area contributed by atoms with Gasteiger partial charge in [0, 0.05) is 10.7 Å². The molecule has 10 heteroatoms. The normalized spacial score (nSPS) is 11.3. The second kappa shape index (κ2) is 8.13. The third kappa shape index (κ3) is 4.69. The Hall–Kier alpha value is -2.33. The molecule has 0 saturated heterocycles. The number of carbonyl (C=O) groups excluding carboxylic acids is 1. The van der Waals surface area contributed by atoms with Crippen LogP contribution in [0.1, 0.15) is 20.4 Å². The number of hydrogen-bond donors (Lipinski definition) is 2. The molecule has 1 heterocycles. The Kier molecular flexibility index (Phi) is 5.85. The van der Waals surface area contributed by atoms with Crippen LogP contribution in [0.4, 0.5) is 5.69 Å². The van der Waals surface area contributed by atoms with E-state index < -0.39 is 15.9 Å². The quantitative estimate of drug-likeness (QED) is 0.635. The average molecular weight is 423 g/mol. The summed E-state index contributed by atoms with van der Waals surface area (Å²) in [5, 5.41) is 11.3. The third-order valence-electron chi connectivity index (χ3n) is 3.61. The molecule has 0 saturated carbocycles. The van der Waals surface area contributed by atoms with Gasteiger partial charge in [-0.25, -0.2) is 13.1 Å². The minimum Gasteiger partial charge on any atom is -0.320 e. The zero-order valence-electron chi connectivity index (χ0n) is 14.1. The van der Waals surface area contributed by atoms with Crippen LogP contribution in [0.15, 0.2) is 53.4 Å². The van der Waals surface area contributed by atoms with Gasteiger partial charge < -0.3 is 5.32 Å². The van der Waals surface area contributed by atoms with Gasteiger partial charge in [-0.3, -0.25) is 4.79 Å². The molecule has 0 aliphatic heterocycles. The molecule has 1 aromatic heterocycles. The molecule has 2 aromatic carbocycles. The summed E-state index contributed by atoms with van der Waals surface area (Å²) in [6.45, 7) is 1.55. The molecule has 0 aliphatic rings. The van der Waals surface area contributed by atoms with Gasteiger partial charge >= 0.3 is 0 Å². The van der Waals surface area contributed by atoms with Crippen molar-refractivity contribution in [2.45, 2.75) is 18.4 Å². The van der Waals surface area contributed by atoms with Crippen LogP contribution in [-0.4, -0.2) is 24.5 Å². The number of para-hydroxylation sites is 1. The summed E-state index contributed by atoms with van der Waals surface area (Å²) in [5.41, 5.74) is 1.10. The van der Waals surface area contributed by atoms with E-state index in [9.17, 15) is 13.2 Å². The number of carbonyl (C=O) groups is 1. The van der Waals surface area contributed by atoms with E-state index in [4.69, 9.17) is 11.6 Å². The monoisotopic (exact) mass is 422 g/mol. The van der Waals surface area contributed by atoms with Crippen molar-refractivity contribution in [3.63, 3.8) is 0 Å². The lowest BCUT2D eigenvalue weighted by Gasteiger charge is -2.09. The lowest BCUT2D eigenvalue weighted by atomic mass is 10.2. The van der Waals surface area contributed by atoms with Gasteiger partial charge in [0.25, 0.3) is 5.91 Å². The van der Waals surface area contributed by atoms with Gasteiger partial charge in [-0.2, -0.15) is 0 Å². The lowest BCUT2D eigenvalue weighted by molar-refractivity contribution is 0.102. The highest BCUT2D eigenvalue weighted by Crippen LogP contribution is 2.23. The van der Waals surface area contributed by atoms with Crippen molar-refractivity contribution >= 4 is 44.6 Å². The van der Waals surface area contributed by atoms with Crippen molar-refractivity contribution in [2.24, 2.45) is 0 Å². The number of aromatic nitrogens is 2. The molecule has 0 atom stereocenters. The van der Waals surface area contributed by atoms with Crippen LogP contribution >= 0.6 is 22.9 Å². The summed E-state index contributed by atoms with van der Waals surface area (Å²) in [4.78, 5) is 12.3. The van der Waals surface area contributed by atoms with Crippen LogP contribution in [0.25, 0.3) is 0 Å². The predicted molar refractivity (Wildman–Crippen MR) is 105 cm³/mol. The number of halogens is 1. The zero-order chi connectivity index (χ0) is 19.4. The van der Waals surface area contributed by atoms with E-state index in [2.05, 4.69) is 20.2 Å². The topological polar surface area (TPSA) is 101 Å². The van der Waals surface area contributed by atoms with E-state index in [1.54, 1.807) is 43.3 Å². The molecular formula is C17H15ClN4O3S2. The Morgan fingerprint density at radius 2 is 1.85 bits per heavy atom. The number of sulfonamides is 1. The van der Waals surface area contributed by atoms with Crippen LogP contribution in [0.5, 0.6) is 0 Å². The van der Waals surface area contributed by atoms with Gasteiger partial charge in [-0.05, 0) is 36.8 Å². The Morgan fingerprint density at radius 1 is 1.11 bits per heavy atom. The third-order valence-corrected chi connectivity index (χ3v) is 6.49. The van der Waals surface area contributed by atoms with E-state index in [0.29, 0.717) is 21.3 Å². The number of nitrogens with one attached hydrogen (secondary N) is 2. The summed E-state index contributed by atoms with van der Waals surface area (Å²) < 4.78 is 27.4. The van der Waals surface area contributed by atoms with Crippen molar-refractivity contribution in [1.29, 1.82) is 0 Å². The van der Waals surface area contributed by atoms with Crippen molar-refractivity contribution in [2.75, 3.05) is 5.32 Å². The van der Waals surface area contributed by atoms with E-state index in [0.717, 1.165) is 11.3 Å². The summed E-state index contributed by atoms with van der Waals surface area (Å²) in [5.74, 6) is -0.404. The number of nitrogens with zero attached hydrogens (tertiary/aromatic N) is 2. The van der Waals surface area contributed by atoms with Gasteiger partial charge in [-0.15, -0.1) is 10.2 Å². The van der Waals surface area contributed by atoms with E-state index in [-0.39, 0.29) is 16.4 Å². The standard InChI is InChI=1S/C17H15ClN4O3S2/c1-11-13(18)8-5-9-14(11)27(24,25)19-10-15-21-22-17(26-15)16(23)20-12-6-3-2-4-7-12/h2-9,19H,10H2,1H3,(H,20,23). The molecule has 0 spiro atoms. The highest BCUT2D eigenvalue weighted by Gasteiger charge is 2.19. The largest absolute Gasteiger partial charge is 0.320 e. The van der Waals surface area contributed by atoms with E-state index in [1.165, 1.54) is 6.07 Å². The average Bonchev–Trinajstić information content (AvgIpc) is 3.12. The van der Waals surface area contributed by atoms with Gasteiger partial charge in [-0.1, -0.05) is 47.2 Å². The van der Waals surface area contributed by atoms with Gasteiger partial charge in [0.15, 0.2) is 0 Å². The van der Waals surface area contributed by atoms with Crippen molar-refractivity contribution < 1.29 is 13.2 Å². The molecule has 7 nitrogen and oxygen atoms in total. The fourth-order valence-electron chi connectivity index (χ4n) is 2.24. The molecule has 0 radical (unpaired) electrons. The van der Waals surface area contributed by atoms with Crippen LogP contribution in [0.2, 0.25) is 5.02 Å². The van der Waals surface area contributed by atoms with Crippen LogP contribution in [0.3, 0.4) is 0 Å². The zero-order valence-corrected chi connectivity index (χ0v) is 16.5. The molecule has 27 heavy (non-hydrogen) atoms. The second-order valence-corrected chi connectivity index (χ2v) is 8.71. The highest BCUT2D eigenvalue weighted by atomic mass is 35.5. The van der Waals surface area contributed by atoms with Crippen molar-refractivity contribution in [3.05, 3.63) is 69.1 Å². The van der Waals surface area contributed by atoms with Crippen molar-refractivity contribution in [3.8, 4) is 0 Å². The minimum atomic E-state index is -3.77. The first-order valence-corrected chi connectivity index (χ1v) is 10.5. The van der Waals surface area contributed by atoms with Crippen molar-refractivity contribution in [1.82, 2.24) is 14.9 Å². The fraction of sp³-hybridized carbons (Fsp3) is 0.118. The second-order valence-electron chi connectivity index (χ2n) is 5.51. The minimum absolute atomic E-state index is 0.0788. The summed E-state index contributed by atoms with van der Waals surface area (Å²) >= 11 is 7.00. The molecule has 1 amide bonds. The first-order valence-electron chi connectivity index (χ1n) is 7.80. The molecule has 0 fully saturated rings. The summed E-state index contributed by atoms with van der Waals surface area (Å²) in [6, 6.07) is 13.6. The molecule has 0 bridgehead atoms. The maximum Gasteiger partial charge on any atom is 0.286 e. The van der Waals surface area contributed by atoms with E-state index in [1.807, 2.05) is 6.07 Å². The molecule has 3 aromatic rings. The molecule has 0 aliphatic carbocycles. The Bertz CT molecular complexity index is 1070. The number of amides is 1. The van der Waals surface area contributed by atoms with Crippen LogP contribution in [0, 0.1) is 6.92 Å².